The normalized spacial score (nSPS) is 28.2. The van der Waals surface area contributed by atoms with Crippen molar-refractivity contribution in [2.45, 2.75) is 19.1 Å². The van der Waals surface area contributed by atoms with E-state index in [0.29, 0.717) is 6.61 Å². The molecule has 1 aromatic carbocycles. The maximum atomic E-state index is 5.59. The van der Waals surface area contributed by atoms with E-state index in [9.17, 15) is 0 Å². The van der Waals surface area contributed by atoms with Crippen molar-refractivity contribution >= 4 is 5.90 Å². The zero-order valence-electron chi connectivity index (χ0n) is 7.93. The number of fused-ring (bicyclic) bond motifs is 3. The Bertz CT molecular complexity index is 400. The van der Waals surface area contributed by atoms with Gasteiger partial charge in [0, 0.05) is 12.5 Å². The van der Waals surface area contributed by atoms with Crippen molar-refractivity contribution in [2.24, 2.45) is 4.99 Å². The van der Waals surface area contributed by atoms with Crippen LogP contribution >= 0.6 is 0 Å². The van der Waals surface area contributed by atoms with Crippen LogP contribution in [0.2, 0.25) is 0 Å². The summed E-state index contributed by atoms with van der Waals surface area (Å²) in [7, 11) is 0. The Morgan fingerprint density at radius 2 is 2.21 bits per heavy atom. The van der Waals surface area contributed by atoms with E-state index in [2.05, 4.69) is 11.1 Å². The van der Waals surface area contributed by atoms with Crippen LogP contribution in [-0.4, -0.2) is 18.6 Å². The summed E-state index contributed by atoms with van der Waals surface area (Å²) in [6.07, 6.45) is 0.0740. The maximum absolute atomic E-state index is 5.59. The van der Waals surface area contributed by atoms with Crippen molar-refractivity contribution in [3.05, 3.63) is 29.8 Å². The molecule has 0 spiro atoms. The van der Waals surface area contributed by atoms with Crippen LogP contribution in [0.15, 0.2) is 29.3 Å². The molecule has 1 aromatic rings. The molecule has 2 heterocycles. The number of aliphatic imine (C=N–C) groups is 1. The first-order chi connectivity index (χ1) is 6.84. The Balaban J connectivity index is 2.08. The Morgan fingerprint density at radius 3 is 3.14 bits per heavy atom. The van der Waals surface area contributed by atoms with Gasteiger partial charge >= 0.3 is 0 Å². The fourth-order valence-corrected chi connectivity index (χ4v) is 2.02. The Hall–Kier alpha value is -1.51. The summed E-state index contributed by atoms with van der Waals surface area (Å²) < 4.78 is 11.1. The summed E-state index contributed by atoms with van der Waals surface area (Å²) in [4.78, 5) is 4.47. The van der Waals surface area contributed by atoms with Gasteiger partial charge in [-0.3, -0.25) is 0 Å². The van der Waals surface area contributed by atoms with Gasteiger partial charge in [-0.1, -0.05) is 18.2 Å². The first kappa shape index (κ1) is 7.85. The minimum absolute atomic E-state index is 0.0740. The van der Waals surface area contributed by atoms with E-state index in [1.807, 2.05) is 25.1 Å². The van der Waals surface area contributed by atoms with E-state index < -0.39 is 0 Å². The van der Waals surface area contributed by atoms with Gasteiger partial charge in [-0.25, -0.2) is 4.99 Å². The topological polar surface area (TPSA) is 30.8 Å². The quantitative estimate of drug-likeness (QED) is 0.624. The van der Waals surface area contributed by atoms with Gasteiger partial charge in [0.2, 0.25) is 0 Å². The zero-order chi connectivity index (χ0) is 9.54. The molecule has 0 aromatic heterocycles. The SMILES string of the molecule is CC1=NC2c3ccccc3OCC2O1. The van der Waals surface area contributed by atoms with E-state index in [1.54, 1.807) is 0 Å². The number of ether oxygens (including phenoxy) is 2. The van der Waals surface area contributed by atoms with Crippen molar-refractivity contribution in [3.8, 4) is 5.75 Å². The van der Waals surface area contributed by atoms with E-state index >= 15 is 0 Å². The highest BCUT2D eigenvalue weighted by Gasteiger charge is 2.36. The van der Waals surface area contributed by atoms with Gasteiger partial charge in [-0.15, -0.1) is 0 Å². The molecule has 0 saturated heterocycles. The zero-order valence-corrected chi connectivity index (χ0v) is 7.93. The fraction of sp³-hybridized carbons (Fsp3) is 0.364. The molecular weight excluding hydrogens is 178 g/mol. The molecule has 3 rings (SSSR count). The van der Waals surface area contributed by atoms with Crippen LogP contribution in [0, 0.1) is 0 Å². The van der Waals surface area contributed by atoms with Gasteiger partial charge in [0.25, 0.3) is 0 Å². The van der Waals surface area contributed by atoms with E-state index in [1.165, 1.54) is 0 Å². The van der Waals surface area contributed by atoms with E-state index in [4.69, 9.17) is 9.47 Å². The molecule has 72 valence electrons. The van der Waals surface area contributed by atoms with Crippen molar-refractivity contribution in [3.63, 3.8) is 0 Å². The molecule has 2 aliphatic rings. The lowest BCUT2D eigenvalue weighted by molar-refractivity contribution is 0.101. The predicted octanol–water partition coefficient (Wildman–Crippen LogP) is 1.94. The van der Waals surface area contributed by atoms with Crippen LogP contribution in [0.5, 0.6) is 5.75 Å². The first-order valence-electron chi connectivity index (χ1n) is 4.77. The lowest BCUT2D eigenvalue weighted by Crippen LogP contribution is -2.28. The van der Waals surface area contributed by atoms with Gasteiger partial charge in [0.15, 0.2) is 12.0 Å². The Morgan fingerprint density at radius 1 is 1.36 bits per heavy atom. The van der Waals surface area contributed by atoms with Crippen LogP contribution in [0.1, 0.15) is 18.5 Å². The monoisotopic (exact) mass is 189 g/mol. The van der Waals surface area contributed by atoms with Gasteiger partial charge in [0.05, 0.1) is 0 Å². The molecule has 0 radical (unpaired) electrons. The number of benzene rings is 1. The molecule has 0 bridgehead atoms. The number of hydrogen-bond donors (Lipinski definition) is 0. The minimum Gasteiger partial charge on any atom is -0.489 e. The average molecular weight is 189 g/mol. The van der Waals surface area contributed by atoms with E-state index in [-0.39, 0.29) is 12.1 Å². The molecule has 14 heavy (non-hydrogen) atoms. The molecule has 2 aliphatic heterocycles. The highest BCUT2D eigenvalue weighted by Crippen LogP contribution is 2.38. The van der Waals surface area contributed by atoms with E-state index in [0.717, 1.165) is 17.2 Å². The fourth-order valence-electron chi connectivity index (χ4n) is 2.02. The first-order valence-corrected chi connectivity index (χ1v) is 4.77. The number of nitrogens with zero attached hydrogens (tertiary/aromatic N) is 1. The van der Waals surface area contributed by atoms with Crippen molar-refractivity contribution < 1.29 is 9.47 Å². The lowest BCUT2D eigenvalue weighted by Gasteiger charge is -2.25. The highest BCUT2D eigenvalue weighted by molar-refractivity contribution is 5.75. The summed E-state index contributed by atoms with van der Waals surface area (Å²) in [6, 6.07) is 8.16. The third-order valence-electron chi connectivity index (χ3n) is 2.64. The third kappa shape index (κ3) is 1.02. The van der Waals surface area contributed by atoms with Crippen molar-refractivity contribution in [1.82, 2.24) is 0 Å². The number of hydrogen-bond acceptors (Lipinski definition) is 3. The van der Waals surface area contributed by atoms with Crippen LogP contribution < -0.4 is 4.74 Å². The lowest BCUT2D eigenvalue weighted by atomic mass is 9.99. The molecule has 0 aliphatic carbocycles. The molecule has 3 nitrogen and oxygen atoms in total. The minimum atomic E-state index is 0.0740. The largest absolute Gasteiger partial charge is 0.489 e. The van der Waals surface area contributed by atoms with Gasteiger partial charge in [-0.05, 0) is 6.07 Å². The molecule has 0 amide bonds. The molecule has 2 atom stereocenters. The smallest absolute Gasteiger partial charge is 0.181 e. The van der Waals surface area contributed by atoms with Gasteiger partial charge < -0.3 is 9.47 Å². The summed E-state index contributed by atoms with van der Waals surface area (Å²) in [5, 5.41) is 0. The van der Waals surface area contributed by atoms with Crippen LogP contribution in [0.25, 0.3) is 0 Å². The second-order valence-corrected chi connectivity index (χ2v) is 3.60. The van der Waals surface area contributed by atoms with Crippen molar-refractivity contribution in [1.29, 1.82) is 0 Å². The number of para-hydroxylation sites is 1. The highest BCUT2D eigenvalue weighted by atomic mass is 16.5. The van der Waals surface area contributed by atoms with Crippen molar-refractivity contribution in [2.75, 3.05) is 6.61 Å². The van der Waals surface area contributed by atoms with Gasteiger partial charge in [0.1, 0.15) is 18.4 Å². The third-order valence-corrected chi connectivity index (χ3v) is 2.64. The summed E-state index contributed by atoms with van der Waals surface area (Å²) in [6.45, 7) is 2.49. The second-order valence-electron chi connectivity index (χ2n) is 3.60. The standard InChI is InChI=1S/C11H11NO2/c1-7-12-11-8-4-2-3-5-9(8)13-6-10(11)14-7/h2-5,10-11H,6H2,1H3. The molecule has 3 heteroatoms. The average Bonchev–Trinajstić information content (AvgIpc) is 2.59. The van der Waals surface area contributed by atoms with Crippen LogP contribution in [-0.2, 0) is 4.74 Å². The number of rotatable bonds is 0. The molecule has 2 unspecified atom stereocenters. The predicted molar refractivity (Wildman–Crippen MR) is 52.7 cm³/mol. The Kier molecular flexibility index (Phi) is 1.54. The molecule has 0 N–H and O–H groups in total. The summed E-state index contributed by atoms with van der Waals surface area (Å²) in [5.41, 5.74) is 1.14. The Labute approximate surface area is 82.4 Å². The summed E-state index contributed by atoms with van der Waals surface area (Å²) in [5.74, 6) is 1.70. The second kappa shape index (κ2) is 2.74. The van der Waals surface area contributed by atoms with Crippen LogP contribution in [0.4, 0.5) is 0 Å². The van der Waals surface area contributed by atoms with Gasteiger partial charge in [-0.2, -0.15) is 0 Å². The molecule has 0 fully saturated rings. The molecular formula is C11H11NO2. The summed E-state index contributed by atoms with van der Waals surface area (Å²) >= 11 is 0. The van der Waals surface area contributed by atoms with Crippen LogP contribution in [0.3, 0.4) is 0 Å². The molecule has 0 saturated carbocycles. The maximum Gasteiger partial charge on any atom is 0.181 e.